The molecule has 1 heterocycles. The van der Waals surface area contributed by atoms with Crippen LogP contribution in [0.2, 0.25) is 0 Å². The Kier molecular flexibility index (Phi) is 3.29. The molecule has 5 aliphatic rings. The van der Waals surface area contributed by atoms with E-state index in [-0.39, 0.29) is 11.2 Å². The van der Waals surface area contributed by atoms with E-state index >= 15 is 0 Å². The normalized spacial score (nSPS) is 54.5. The Hall–Kier alpha value is -0.0800. The zero-order valence-corrected chi connectivity index (χ0v) is 15.1. The molecule has 5 fully saturated rings. The molecule has 2 nitrogen and oxygen atoms in total. The maximum absolute atomic E-state index is 6.26. The van der Waals surface area contributed by atoms with Gasteiger partial charge >= 0.3 is 0 Å². The van der Waals surface area contributed by atoms with Crippen molar-refractivity contribution in [1.82, 2.24) is 0 Å². The van der Waals surface area contributed by atoms with Crippen molar-refractivity contribution >= 4 is 0 Å². The second kappa shape index (κ2) is 4.97. The average molecular weight is 319 g/mol. The first-order valence-corrected chi connectivity index (χ1v) is 10.4. The molecule has 0 aromatic rings. The first-order chi connectivity index (χ1) is 11.1. The molecule has 1 saturated heterocycles. The van der Waals surface area contributed by atoms with Gasteiger partial charge in [-0.2, -0.15) is 0 Å². The average Bonchev–Trinajstić information content (AvgIpc) is 3.14. The molecule has 0 radical (unpaired) electrons. The van der Waals surface area contributed by atoms with Crippen molar-refractivity contribution < 1.29 is 9.47 Å². The van der Waals surface area contributed by atoms with E-state index in [2.05, 4.69) is 13.8 Å². The fourth-order valence-corrected chi connectivity index (χ4v) is 8.18. The summed E-state index contributed by atoms with van der Waals surface area (Å²) in [6.07, 6.45) is 14.2. The fraction of sp³-hybridized carbons (Fsp3) is 1.00. The Bertz CT molecular complexity index is 482. The maximum atomic E-state index is 6.26. The molecular formula is C21H34O2. The van der Waals surface area contributed by atoms with Crippen LogP contribution in [0.4, 0.5) is 0 Å². The van der Waals surface area contributed by atoms with Gasteiger partial charge < -0.3 is 9.47 Å². The number of hydrogen-bond donors (Lipinski definition) is 0. The van der Waals surface area contributed by atoms with E-state index < -0.39 is 0 Å². The highest BCUT2D eigenvalue weighted by molar-refractivity contribution is 5.12. The Morgan fingerprint density at radius 2 is 1.52 bits per heavy atom. The monoisotopic (exact) mass is 318 g/mol. The van der Waals surface area contributed by atoms with Crippen molar-refractivity contribution in [2.75, 3.05) is 13.2 Å². The Morgan fingerprint density at radius 1 is 0.739 bits per heavy atom. The zero-order chi connectivity index (χ0) is 15.7. The summed E-state index contributed by atoms with van der Waals surface area (Å²) >= 11 is 0. The minimum Gasteiger partial charge on any atom is -0.347 e. The van der Waals surface area contributed by atoms with Crippen molar-refractivity contribution in [3.63, 3.8) is 0 Å². The summed E-state index contributed by atoms with van der Waals surface area (Å²) in [5.74, 6) is 3.58. The molecule has 0 amide bonds. The molecule has 1 spiro atoms. The lowest BCUT2D eigenvalue weighted by Gasteiger charge is -2.61. The van der Waals surface area contributed by atoms with Crippen molar-refractivity contribution in [2.45, 2.75) is 83.8 Å². The van der Waals surface area contributed by atoms with Crippen LogP contribution in [0.15, 0.2) is 0 Å². The lowest BCUT2D eigenvalue weighted by atomic mass is 9.45. The van der Waals surface area contributed by atoms with Gasteiger partial charge in [0.05, 0.1) is 13.2 Å². The van der Waals surface area contributed by atoms with E-state index in [1.807, 2.05) is 0 Å². The highest BCUT2D eigenvalue weighted by Crippen LogP contribution is 2.69. The van der Waals surface area contributed by atoms with E-state index in [0.717, 1.165) is 43.3 Å². The summed E-state index contributed by atoms with van der Waals surface area (Å²) in [6.45, 7) is 6.82. The first kappa shape index (κ1) is 15.2. The molecule has 4 aliphatic carbocycles. The van der Waals surface area contributed by atoms with Crippen LogP contribution in [0.1, 0.15) is 78.1 Å². The molecule has 1 aliphatic heterocycles. The van der Waals surface area contributed by atoms with Crippen LogP contribution >= 0.6 is 0 Å². The van der Waals surface area contributed by atoms with Crippen LogP contribution < -0.4 is 0 Å². The van der Waals surface area contributed by atoms with E-state index in [4.69, 9.17) is 9.47 Å². The number of hydrogen-bond acceptors (Lipinski definition) is 2. The topological polar surface area (TPSA) is 18.5 Å². The van der Waals surface area contributed by atoms with Crippen molar-refractivity contribution in [3.05, 3.63) is 0 Å². The summed E-state index contributed by atoms with van der Waals surface area (Å²) < 4.78 is 12.5. The van der Waals surface area contributed by atoms with Gasteiger partial charge in [0.1, 0.15) is 0 Å². The van der Waals surface area contributed by atoms with E-state index in [0.29, 0.717) is 5.41 Å². The zero-order valence-electron chi connectivity index (χ0n) is 15.1. The van der Waals surface area contributed by atoms with Crippen LogP contribution in [0.25, 0.3) is 0 Å². The van der Waals surface area contributed by atoms with Crippen molar-refractivity contribution in [3.8, 4) is 0 Å². The molecule has 0 unspecified atom stereocenters. The Labute approximate surface area is 141 Å². The van der Waals surface area contributed by atoms with Gasteiger partial charge in [-0.25, -0.2) is 0 Å². The van der Waals surface area contributed by atoms with Crippen molar-refractivity contribution in [2.24, 2.45) is 34.5 Å². The summed E-state index contributed by atoms with van der Waals surface area (Å²) in [6, 6.07) is 0. The lowest BCUT2D eigenvalue weighted by molar-refractivity contribution is -0.247. The van der Waals surface area contributed by atoms with Crippen LogP contribution in [0.3, 0.4) is 0 Å². The molecule has 23 heavy (non-hydrogen) atoms. The third-order valence-electron chi connectivity index (χ3n) is 9.38. The fourth-order valence-electron chi connectivity index (χ4n) is 8.18. The molecule has 0 bridgehead atoms. The van der Waals surface area contributed by atoms with Gasteiger partial charge in [-0.1, -0.05) is 26.7 Å². The number of fused-ring (bicyclic) bond motifs is 6. The van der Waals surface area contributed by atoms with Gasteiger partial charge in [0.25, 0.3) is 0 Å². The minimum atomic E-state index is -0.215. The number of ether oxygens (including phenoxy) is 2. The summed E-state index contributed by atoms with van der Waals surface area (Å²) in [5.41, 5.74) is 0.929. The van der Waals surface area contributed by atoms with E-state index in [1.165, 1.54) is 57.8 Å². The largest absolute Gasteiger partial charge is 0.347 e. The molecule has 4 saturated carbocycles. The molecule has 0 aromatic carbocycles. The molecule has 0 aromatic heterocycles. The van der Waals surface area contributed by atoms with Crippen LogP contribution in [0.5, 0.6) is 0 Å². The van der Waals surface area contributed by atoms with Gasteiger partial charge in [0.15, 0.2) is 5.79 Å². The lowest BCUT2D eigenvalue weighted by Crippen LogP contribution is -2.56. The van der Waals surface area contributed by atoms with Gasteiger partial charge in [-0.05, 0) is 74.0 Å². The molecule has 5 rings (SSSR count). The van der Waals surface area contributed by atoms with Gasteiger partial charge in [-0.15, -0.1) is 0 Å². The predicted octanol–water partition coefficient (Wildman–Crippen LogP) is 5.16. The Morgan fingerprint density at radius 3 is 2.35 bits per heavy atom. The highest BCUT2D eigenvalue weighted by Gasteiger charge is 2.66. The van der Waals surface area contributed by atoms with Crippen LogP contribution in [-0.4, -0.2) is 19.0 Å². The first-order valence-electron chi connectivity index (χ1n) is 10.4. The third-order valence-corrected chi connectivity index (χ3v) is 9.38. The molecule has 2 heteroatoms. The second-order valence-electron chi connectivity index (χ2n) is 9.85. The second-order valence-corrected chi connectivity index (χ2v) is 9.85. The minimum absolute atomic E-state index is 0.215. The predicted molar refractivity (Wildman–Crippen MR) is 91.0 cm³/mol. The molecular weight excluding hydrogens is 284 g/mol. The summed E-state index contributed by atoms with van der Waals surface area (Å²) in [7, 11) is 0. The molecule has 130 valence electrons. The summed E-state index contributed by atoms with van der Waals surface area (Å²) in [4.78, 5) is 0. The quantitative estimate of drug-likeness (QED) is 0.614. The smallest absolute Gasteiger partial charge is 0.174 e. The third kappa shape index (κ3) is 1.83. The van der Waals surface area contributed by atoms with E-state index in [1.54, 1.807) is 0 Å². The summed E-state index contributed by atoms with van der Waals surface area (Å²) in [5, 5.41) is 0. The van der Waals surface area contributed by atoms with Crippen LogP contribution in [-0.2, 0) is 9.47 Å². The number of rotatable bonds is 0. The van der Waals surface area contributed by atoms with Crippen LogP contribution in [0, 0.1) is 34.5 Å². The van der Waals surface area contributed by atoms with Gasteiger partial charge in [0, 0.05) is 11.8 Å². The Balaban J connectivity index is 1.47. The van der Waals surface area contributed by atoms with Gasteiger partial charge in [0.2, 0.25) is 0 Å². The highest BCUT2D eigenvalue weighted by atomic mass is 16.7. The standard InChI is InChI=1S/C21H34O2/c1-19-10-4-3-5-15(19)6-7-16-17(19)8-11-20(2)18(16)9-12-21(20)22-13-14-23-21/h15-18H,3-14H2,1-2H3/t15-,16-,17-,18-,19+,20+/m1/s1. The van der Waals surface area contributed by atoms with Crippen molar-refractivity contribution in [1.29, 1.82) is 0 Å². The van der Waals surface area contributed by atoms with E-state index in [9.17, 15) is 0 Å². The maximum Gasteiger partial charge on any atom is 0.174 e. The molecule has 6 atom stereocenters. The molecule has 0 N–H and O–H groups in total. The SMILES string of the molecule is C[C@]12CCCC[C@@H]1CC[C@@H]1[C@H]2CC[C@@]2(C)[C@@H]1CCC21OCCO1. The van der Waals surface area contributed by atoms with Gasteiger partial charge in [-0.3, -0.25) is 0 Å².